The van der Waals surface area contributed by atoms with E-state index in [1.807, 2.05) is 20.8 Å². The third-order valence-corrected chi connectivity index (χ3v) is 2.68. The van der Waals surface area contributed by atoms with Crippen molar-refractivity contribution in [2.75, 3.05) is 0 Å². The van der Waals surface area contributed by atoms with Gasteiger partial charge in [-0.3, -0.25) is 4.79 Å². The topological polar surface area (TPSA) is 52.6 Å². The zero-order chi connectivity index (χ0) is 14.7. The molecule has 0 aliphatic carbocycles. The van der Waals surface area contributed by atoms with Gasteiger partial charge >= 0.3 is 11.9 Å². The number of rotatable bonds is 3. The van der Waals surface area contributed by atoms with Crippen molar-refractivity contribution in [2.45, 2.75) is 67.1 Å². The summed E-state index contributed by atoms with van der Waals surface area (Å²) in [5.74, 6) is -1.17. The molecule has 4 nitrogen and oxygen atoms in total. The molecular formula is C14H26O4. The lowest BCUT2D eigenvalue weighted by molar-refractivity contribution is -0.177. The monoisotopic (exact) mass is 258 g/mol. The van der Waals surface area contributed by atoms with Crippen molar-refractivity contribution in [2.24, 2.45) is 11.3 Å². The third-order valence-electron chi connectivity index (χ3n) is 2.68. The maximum absolute atomic E-state index is 11.8. The molecule has 0 saturated heterocycles. The number of esters is 2. The molecule has 0 bridgehead atoms. The fraction of sp³-hybridized carbons (Fsp3) is 0.857. The fourth-order valence-electron chi connectivity index (χ4n) is 1.06. The lowest BCUT2D eigenvalue weighted by atomic mass is 9.82. The molecule has 106 valence electrons. The maximum Gasteiger partial charge on any atom is 0.347 e. The largest absolute Gasteiger partial charge is 0.457 e. The number of hydrogen-bond acceptors (Lipinski definition) is 4. The molecule has 0 aliphatic heterocycles. The molecule has 0 saturated carbocycles. The average molecular weight is 258 g/mol. The first kappa shape index (κ1) is 16.9. The van der Waals surface area contributed by atoms with Crippen LogP contribution in [0.2, 0.25) is 0 Å². The molecule has 2 unspecified atom stereocenters. The van der Waals surface area contributed by atoms with Gasteiger partial charge in [0, 0.05) is 0 Å². The third kappa shape index (κ3) is 6.03. The Balaban J connectivity index is 4.45. The summed E-state index contributed by atoms with van der Waals surface area (Å²) in [6.45, 7) is 14.5. The smallest absolute Gasteiger partial charge is 0.347 e. The molecule has 0 fully saturated rings. The lowest BCUT2D eigenvalue weighted by Crippen LogP contribution is -2.36. The summed E-state index contributed by atoms with van der Waals surface area (Å²) in [5.41, 5.74) is -0.766. The zero-order valence-corrected chi connectivity index (χ0v) is 12.8. The van der Waals surface area contributed by atoms with Crippen molar-refractivity contribution in [1.29, 1.82) is 0 Å². The maximum atomic E-state index is 11.8. The molecule has 0 aromatic carbocycles. The summed E-state index contributed by atoms with van der Waals surface area (Å²) in [7, 11) is 0. The Morgan fingerprint density at radius 2 is 1.33 bits per heavy atom. The molecule has 0 heterocycles. The predicted molar refractivity (Wildman–Crippen MR) is 70.0 cm³/mol. The van der Waals surface area contributed by atoms with Crippen molar-refractivity contribution in [1.82, 2.24) is 0 Å². The van der Waals surface area contributed by atoms with E-state index in [4.69, 9.17) is 9.47 Å². The van der Waals surface area contributed by atoms with E-state index in [9.17, 15) is 9.59 Å². The van der Waals surface area contributed by atoms with E-state index < -0.39 is 17.7 Å². The first-order valence-electron chi connectivity index (χ1n) is 6.28. The van der Waals surface area contributed by atoms with Crippen LogP contribution >= 0.6 is 0 Å². The molecule has 0 radical (unpaired) electrons. The van der Waals surface area contributed by atoms with E-state index in [-0.39, 0.29) is 17.3 Å². The minimum absolute atomic E-state index is 0.190. The second-order valence-electron chi connectivity index (χ2n) is 6.70. The van der Waals surface area contributed by atoms with Crippen LogP contribution in [0.15, 0.2) is 0 Å². The van der Waals surface area contributed by atoms with Gasteiger partial charge in [0.05, 0.1) is 5.92 Å². The van der Waals surface area contributed by atoms with E-state index in [1.54, 1.807) is 27.7 Å². The number of hydrogen-bond donors (Lipinski definition) is 0. The molecule has 0 spiro atoms. The Kier molecular flexibility index (Phi) is 5.38. The molecule has 0 amide bonds. The van der Waals surface area contributed by atoms with Crippen LogP contribution in [0.1, 0.15) is 55.4 Å². The normalized spacial score (nSPS) is 15.8. The van der Waals surface area contributed by atoms with E-state index in [0.717, 1.165) is 0 Å². The van der Waals surface area contributed by atoms with Gasteiger partial charge in [0.1, 0.15) is 5.60 Å². The molecule has 0 aliphatic rings. The second-order valence-corrected chi connectivity index (χ2v) is 6.70. The van der Waals surface area contributed by atoms with E-state index >= 15 is 0 Å². The second kappa shape index (κ2) is 5.72. The minimum atomic E-state index is -0.874. The highest BCUT2D eigenvalue weighted by Gasteiger charge is 2.31. The highest BCUT2D eigenvalue weighted by atomic mass is 16.6. The van der Waals surface area contributed by atoms with Crippen LogP contribution in [0.5, 0.6) is 0 Å². The Bertz CT molecular complexity index is 307. The summed E-state index contributed by atoms with van der Waals surface area (Å²) < 4.78 is 10.3. The molecule has 2 atom stereocenters. The van der Waals surface area contributed by atoms with Crippen LogP contribution in [0, 0.1) is 11.3 Å². The molecule has 18 heavy (non-hydrogen) atoms. The fourth-order valence-corrected chi connectivity index (χ4v) is 1.06. The van der Waals surface area contributed by atoms with Gasteiger partial charge in [-0.05, 0) is 33.1 Å². The van der Waals surface area contributed by atoms with Gasteiger partial charge in [-0.1, -0.05) is 27.7 Å². The molecule has 0 N–H and O–H groups in total. The Morgan fingerprint density at radius 1 is 0.889 bits per heavy atom. The summed E-state index contributed by atoms with van der Waals surface area (Å²) in [4.78, 5) is 23.5. The number of carbonyl (C=O) groups is 2. The van der Waals surface area contributed by atoms with Crippen LogP contribution in [-0.4, -0.2) is 23.6 Å². The lowest BCUT2D eigenvalue weighted by Gasteiger charge is -2.27. The van der Waals surface area contributed by atoms with Gasteiger partial charge in [-0.25, -0.2) is 4.79 Å². The quantitative estimate of drug-likeness (QED) is 0.730. The molecule has 0 aromatic heterocycles. The number of carbonyl (C=O) groups excluding carboxylic acids is 2. The average Bonchev–Trinajstić information content (AvgIpc) is 2.12. The zero-order valence-electron chi connectivity index (χ0n) is 12.8. The van der Waals surface area contributed by atoms with E-state index in [0.29, 0.717) is 0 Å². The standard InChI is InChI=1S/C14H26O4/c1-9(13(3,4)5)11(15)17-10(2)12(16)18-14(6,7)8/h9-10H,1-8H3. The van der Waals surface area contributed by atoms with Gasteiger partial charge in [0.15, 0.2) is 6.10 Å². The van der Waals surface area contributed by atoms with Crippen molar-refractivity contribution in [3.63, 3.8) is 0 Å². The Hall–Kier alpha value is -1.06. The van der Waals surface area contributed by atoms with Crippen LogP contribution < -0.4 is 0 Å². The van der Waals surface area contributed by atoms with Crippen LogP contribution in [0.25, 0.3) is 0 Å². The van der Waals surface area contributed by atoms with Gasteiger partial charge in [0.25, 0.3) is 0 Å². The molecule has 0 rings (SSSR count). The van der Waals surface area contributed by atoms with Gasteiger partial charge in [-0.15, -0.1) is 0 Å². The predicted octanol–water partition coefficient (Wildman–Crippen LogP) is 2.94. The SMILES string of the molecule is CC(OC(=O)C(C)C(C)(C)C)C(=O)OC(C)(C)C. The summed E-state index contributed by atoms with van der Waals surface area (Å²) in [5, 5.41) is 0. The highest BCUT2D eigenvalue weighted by Crippen LogP contribution is 2.26. The summed E-state index contributed by atoms with van der Waals surface area (Å²) in [6, 6.07) is 0. The minimum Gasteiger partial charge on any atom is -0.457 e. The summed E-state index contributed by atoms with van der Waals surface area (Å²) in [6.07, 6.45) is -0.874. The first-order valence-corrected chi connectivity index (χ1v) is 6.28. The van der Waals surface area contributed by atoms with Crippen LogP contribution in [-0.2, 0) is 19.1 Å². The molecule has 4 heteroatoms. The molecular weight excluding hydrogens is 232 g/mol. The van der Waals surface area contributed by atoms with E-state index in [1.165, 1.54) is 6.92 Å². The van der Waals surface area contributed by atoms with Crippen molar-refractivity contribution in [3.05, 3.63) is 0 Å². The Labute approximate surface area is 110 Å². The van der Waals surface area contributed by atoms with Crippen molar-refractivity contribution < 1.29 is 19.1 Å². The van der Waals surface area contributed by atoms with Gasteiger partial charge in [0.2, 0.25) is 0 Å². The summed E-state index contributed by atoms with van der Waals surface area (Å²) >= 11 is 0. The van der Waals surface area contributed by atoms with Crippen molar-refractivity contribution >= 4 is 11.9 Å². The number of ether oxygens (including phenoxy) is 2. The molecule has 0 aromatic rings. The van der Waals surface area contributed by atoms with Crippen molar-refractivity contribution in [3.8, 4) is 0 Å². The van der Waals surface area contributed by atoms with E-state index in [2.05, 4.69) is 0 Å². The van der Waals surface area contributed by atoms with Crippen LogP contribution in [0.4, 0.5) is 0 Å². The highest BCUT2D eigenvalue weighted by molar-refractivity contribution is 5.80. The van der Waals surface area contributed by atoms with Gasteiger partial charge in [-0.2, -0.15) is 0 Å². The van der Waals surface area contributed by atoms with Crippen LogP contribution in [0.3, 0.4) is 0 Å². The van der Waals surface area contributed by atoms with Gasteiger partial charge < -0.3 is 9.47 Å². The Morgan fingerprint density at radius 3 is 1.67 bits per heavy atom. The first-order chi connectivity index (χ1) is 7.84.